The minimum Gasteiger partial charge on any atom is -0.462 e. The molecule has 3 saturated heterocycles. The lowest BCUT2D eigenvalue weighted by atomic mass is 9.40. The molecule has 4 aliphatic carbocycles. The van der Waals surface area contributed by atoms with Crippen molar-refractivity contribution in [2.24, 2.45) is 40.4 Å². The molecular weight excluding hydrogens is 354 g/mol. The third-order valence-electron chi connectivity index (χ3n) is 10.6. The maximum absolute atomic E-state index is 13.1. The summed E-state index contributed by atoms with van der Waals surface area (Å²) in [7, 11) is 0. The molecule has 0 aromatic rings. The molecule has 7 aliphatic rings. The van der Waals surface area contributed by atoms with E-state index in [4.69, 9.17) is 4.74 Å². The first-order valence-electron chi connectivity index (χ1n) is 11.7. The van der Waals surface area contributed by atoms with Crippen LogP contribution in [0.15, 0.2) is 0 Å². The lowest BCUT2D eigenvalue weighted by Crippen LogP contribution is -2.75. The molecule has 5 heteroatoms. The Morgan fingerprint density at radius 2 is 2.04 bits per heavy atom. The van der Waals surface area contributed by atoms with Crippen LogP contribution in [0.25, 0.3) is 0 Å². The van der Waals surface area contributed by atoms with Gasteiger partial charge in [0.2, 0.25) is 0 Å². The molecule has 1 unspecified atom stereocenters. The third kappa shape index (κ3) is 1.69. The van der Waals surface area contributed by atoms with Crippen molar-refractivity contribution in [3.63, 3.8) is 0 Å². The summed E-state index contributed by atoms with van der Waals surface area (Å²) in [5.74, 6) is 0.0163. The largest absolute Gasteiger partial charge is 0.462 e. The van der Waals surface area contributed by atoms with Crippen LogP contribution in [0.1, 0.15) is 59.3 Å². The summed E-state index contributed by atoms with van der Waals surface area (Å²) in [4.78, 5) is 15.7. The number of nitrogens with zero attached hydrogens (tertiary/aromatic N) is 1. The highest BCUT2D eigenvalue weighted by Gasteiger charge is 2.83. The van der Waals surface area contributed by atoms with E-state index in [9.17, 15) is 15.0 Å². The first-order valence-corrected chi connectivity index (χ1v) is 11.7. The number of carbonyl (C=O) groups is 1. The van der Waals surface area contributed by atoms with Crippen LogP contribution < -0.4 is 0 Å². The zero-order valence-corrected chi connectivity index (χ0v) is 17.4. The number of likely N-dealkylation sites (tertiary alicyclic amines) is 1. The highest BCUT2D eigenvalue weighted by Crippen LogP contribution is 2.78. The number of hydrogen-bond donors (Lipinski definition) is 2. The van der Waals surface area contributed by atoms with Crippen LogP contribution in [0.5, 0.6) is 0 Å². The Labute approximate surface area is 167 Å². The Balaban J connectivity index is 1.66. The summed E-state index contributed by atoms with van der Waals surface area (Å²) in [6.45, 7) is 8.88. The molecule has 7 fully saturated rings. The number of carbonyl (C=O) groups excluding carboxylic acids is 1. The molecule has 3 heterocycles. The van der Waals surface area contributed by atoms with Crippen molar-refractivity contribution < 1.29 is 19.7 Å². The molecule has 0 aromatic heterocycles. The predicted molar refractivity (Wildman–Crippen MR) is 103 cm³/mol. The van der Waals surface area contributed by atoms with Gasteiger partial charge < -0.3 is 14.9 Å². The number of aliphatic hydroxyl groups is 2. The normalized spacial score (nSPS) is 61.8. The van der Waals surface area contributed by atoms with Gasteiger partial charge in [-0.1, -0.05) is 27.2 Å². The Bertz CT molecular complexity index is 727. The smallest absolute Gasteiger partial charge is 0.312 e. The van der Waals surface area contributed by atoms with Crippen molar-refractivity contribution in [1.29, 1.82) is 0 Å². The fourth-order valence-electron chi connectivity index (χ4n) is 10.1. The van der Waals surface area contributed by atoms with E-state index in [2.05, 4.69) is 25.7 Å². The summed E-state index contributed by atoms with van der Waals surface area (Å²) in [6.07, 6.45) is 5.10. The highest BCUT2D eigenvalue weighted by molar-refractivity contribution is 5.77. The number of ether oxygens (including phenoxy) is 1. The Hall–Kier alpha value is -0.650. The van der Waals surface area contributed by atoms with E-state index in [-0.39, 0.29) is 46.7 Å². The monoisotopic (exact) mass is 389 g/mol. The van der Waals surface area contributed by atoms with Gasteiger partial charge >= 0.3 is 5.97 Å². The molecule has 2 N–H and O–H groups in total. The van der Waals surface area contributed by atoms with Gasteiger partial charge in [0, 0.05) is 18.5 Å². The van der Waals surface area contributed by atoms with Gasteiger partial charge in [-0.15, -0.1) is 0 Å². The molecule has 0 radical (unpaired) electrons. The van der Waals surface area contributed by atoms with Gasteiger partial charge in [0.05, 0.1) is 17.6 Å². The van der Waals surface area contributed by atoms with Gasteiger partial charge in [0.15, 0.2) is 0 Å². The van der Waals surface area contributed by atoms with Crippen LogP contribution in [0.4, 0.5) is 0 Å². The van der Waals surface area contributed by atoms with E-state index in [0.29, 0.717) is 12.3 Å². The average molecular weight is 390 g/mol. The second kappa shape index (κ2) is 5.33. The van der Waals surface area contributed by atoms with Crippen LogP contribution in [0.2, 0.25) is 0 Å². The van der Waals surface area contributed by atoms with E-state index in [1.807, 2.05) is 0 Å². The van der Waals surface area contributed by atoms with Gasteiger partial charge in [-0.2, -0.15) is 0 Å². The van der Waals surface area contributed by atoms with Crippen LogP contribution in [0, 0.1) is 40.4 Å². The minimum atomic E-state index is -1.11. The Morgan fingerprint density at radius 1 is 1.25 bits per heavy atom. The van der Waals surface area contributed by atoms with Gasteiger partial charge in [0.25, 0.3) is 0 Å². The highest BCUT2D eigenvalue weighted by atomic mass is 16.5. The number of rotatable bonds is 2. The van der Waals surface area contributed by atoms with E-state index >= 15 is 0 Å². The SMILES string of the molecule is CC[C@H]1CC[C@@]2(C)CN(CC)C3[C@@H]4[C@@H](O)[C@H]2[C@@]31[C@@H]1C[C@@H]2CC[C@@]4(O)[C@H]1C(=O)O2. The topological polar surface area (TPSA) is 70.0 Å². The molecule has 11 atom stereocenters. The van der Waals surface area contributed by atoms with Crippen molar-refractivity contribution in [2.75, 3.05) is 13.1 Å². The minimum absolute atomic E-state index is 0.0462. The van der Waals surface area contributed by atoms with E-state index in [1.165, 1.54) is 6.42 Å². The molecule has 0 amide bonds. The lowest BCUT2D eigenvalue weighted by molar-refractivity contribution is -0.254. The summed E-state index contributed by atoms with van der Waals surface area (Å²) in [5.41, 5.74) is -1.10. The van der Waals surface area contributed by atoms with E-state index < -0.39 is 17.6 Å². The second-order valence-electron chi connectivity index (χ2n) is 11.2. The lowest BCUT2D eigenvalue weighted by Gasteiger charge is -2.69. The fourth-order valence-corrected chi connectivity index (χ4v) is 10.1. The summed E-state index contributed by atoms with van der Waals surface area (Å²) >= 11 is 0. The summed E-state index contributed by atoms with van der Waals surface area (Å²) in [6, 6.07) is 0.201. The number of esters is 1. The molecule has 0 aromatic carbocycles. The number of aliphatic hydroxyl groups excluding tert-OH is 1. The first kappa shape index (κ1) is 18.1. The number of fused-ring (bicyclic) bond motifs is 2. The van der Waals surface area contributed by atoms with E-state index in [0.717, 1.165) is 38.8 Å². The molecule has 28 heavy (non-hydrogen) atoms. The van der Waals surface area contributed by atoms with Crippen molar-refractivity contribution in [2.45, 2.75) is 83.1 Å². The summed E-state index contributed by atoms with van der Waals surface area (Å²) in [5, 5.41) is 24.0. The molecule has 1 spiro atoms. The van der Waals surface area contributed by atoms with Crippen molar-refractivity contribution >= 4 is 5.97 Å². The van der Waals surface area contributed by atoms with E-state index in [1.54, 1.807) is 0 Å². The second-order valence-corrected chi connectivity index (χ2v) is 11.2. The van der Waals surface area contributed by atoms with Crippen LogP contribution in [0.3, 0.4) is 0 Å². The maximum atomic E-state index is 13.1. The average Bonchev–Trinajstić information content (AvgIpc) is 2.73. The first-order chi connectivity index (χ1) is 13.3. The number of hydrogen-bond acceptors (Lipinski definition) is 5. The molecule has 9 bridgehead atoms. The van der Waals surface area contributed by atoms with Gasteiger partial charge in [-0.3, -0.25) is 9.69 Å². The van der Waals surface area contributed by atoms with Gasteiger partial charge in [-0.25, -0.2) is 0 Å². The molecule has 156 valence electrons. The molecular formula is C23H35NO4. The quantitative estimate of drug-likeness (QED) is 0.709. The molecule has 7 rings (SSSR count). The number of piperidine rings is 1. The van der Waals surface area contributed by atoms with Gasteiger partial charge in [0.1, 0.15) is 6.10 Å². The summed E-state index contributed by atoms with van der Waals surface area (Å²) < 4.78 is 5.78. The fraction of sp³-hybridized carbons (Fsp3) is 0.957. The molecule has 4 saturated carbocycles. The third-order valence-corrected chi connectivity index (χ3v) is 10.6. The van der Waals surface area contributed by atoms with Crippen LogP contribution in [-0.4, -0.2) is 58.0 Å². The Kier molecular flexibility index (Phi) is 3.46. The van der Waals surface area contributed by atoms with Crippen LogP contribution >= 0.6 is 0 Å². The van der Waals surface area contributed by atoms with Crippen molar-refractivity contribution in [3.8, 4) is 0 Å². The molecule has 3 aliphatic heterocycles. The predicted octanol–water partition coefficient (Wildman–Crippen LogP) is 2.20. The van der Waals surface area contributed by atoms with Crippen molar-refractivity contribution in [1.82, 2.24) is 4.90 Å². The maximum Gasteiger partial charge on any atom is 0.312 e. The zero-order chi connectivity index (χ0) is 19.6. The van der Waals surface area contributed by atoms with Crippen LogP contribution in [-0.2, 0) is 9.53 Å². The standard InChI is InChI=1S/C23H35NO4/c1-4-12-6-8-21(3)11-24(5-2)19-16-17(25)18(21)23(12,19)14-10-13-7-9-22(16,27)15(14)20(26)28-13/h12-19,25,27H,4-11H2,1-3H3/t12-,13-,14+,15+,16-,17+,18+,19?,21-,22+,23+/m0/s1. The van der Waals surface area contributed by atoms with Crippen molar-refractivity contribution in [3.05, 3.63) is 0 Å². The Morgan fingerprint density at radius 3 is 2.75 bits per heavy atom. The van der Waals surface area contributed by atoms with Gasteiger partial charge in [-0.05, 0) is 67.2 Å². The molecule has 5 nitrogen and oxygen atoms in total. The zero-order valence-electron chi connectivity index (χ0n) is 17.4.